The largest absolute Gasteiger partial charge is 0.497 e. The van der Waals surface area contributed by atoms with Gasteiger partial charge in [-0.3, -0.25) is 13.9 Å². The third kappa shape index (κ3) is 3.35. The van der Waals surface area contributed by atoms with Crippen molar-refractivity contribution < 1.29 is 4.74 Å². The van der Waals surface area contributed by atoms with Crippen LogP contribution >= 0.6 is 0 Å². The molecule has 8 heteroatoms. The number of aryl methyl sites for hydroxylation is 2. The van der Waals surface area contributed by atoms with E-state index in [0.29, 0.717) is 11.2 Å². The van der Waals surface area contributed by atoms with Gasteiger partial charge in [0.05, 0.1) is 7.11 Å². The van der Waals surface area contributed by atoms with Crippen LogP contribution in [0.3, 0.4) is 0 Å². The fourth-order valence-electron chi connectivity index (χ4n) is 3.54. The molecule has 0 aliphatic carbocycles. The highest BCUT2D eigenvalue weighted by molar-refractivity contribution is 5.71. The Kier molecular flexibility index (Phi) is 5.42. The zero-order chi connectivity index (χ0) is 20.6. The van der Waals surface area contributed by atoms with Crippen LogP contribution < -0.4 is 16.0 Å². The predicted octanol–water partition coefficient (Wildman–Crippen LogP) is 1.06. The first-order valence-electron chi connectivity index (χ1n) is 9.17. The van der Waals surface area contributed by atoms with Crippen LogP contribution in [0.5, 0.6) is 5.75 Å². The monoisotopic (exact) mass is 385 g/mol. The van der Waals surface area contributed by atoms with Gasteiger partial charge >= 0.3 is 5.69 Å². The van der Waals surface area contributed by atoms with Crippen LogP contribution in [0.2, 0.25) is 0 Å². The molecule has 2 heterocycles. The minimum atomic E-state index is -0.381. The van der Waals surface area contributed by atoms with Crippen LogP contribution in [0.25, 0.3) is 11.2 Å². The SMILES string of the molecule is COc1cccc([C@H](CCN(C)C)c2nc3c(c(=O)n(C)c(=O)n3C)n2C)c1. The standard InChI is InChI=1S/C20H27N5O3/c1-22(2)11-10-15(13-8-7-9-14(12-13)28-6)17-21-18-16(23(17)3)19(26)25(5)20(27)24(18)4/h7-9,12,15H,10-11H2,1-6H3/t15-/m0/s1. The predicted molar refractivity (Wildman–Crippen MR) is 109 cm³/mol. The molecule has 0 saturated carbocycles. The second-order valence-corrected chi connectivity index (χ2v) is 7.33. The quantitative estimate of drug-likeness (QED) is 0.634. The Morgan fingerprint density at radius 2 is 1.82 bits per heavy atom. The Balaban J connectivity index is 2.25. The van der Waals surface area contributed by atoms with E-state index < -0.39 is 0 Å². The smallest absolute Gasteiger partial charge is 0.332 e. The van der Waals surface area contributed by atoms with E-state index in [2.05, 4.69) is 4.90 Å². The molecule has 0 bridgehead atoms. The van der Waals surface area contributed by atoms with Crippen molar-refractivity contribution in [1.29, 1.82) is 0 Å². The number of hydrogen-bond acceptors (Lipinski definition) is 5. The van der Waals surface area contributed by atoms with Crippen molar-refractivity contribution in [3.63, 3.8) is 0 Å². The summed E-state index contributed by atoms with van der Waals surface area (Å²) in [6.45, 7) is 0.849. The maximum Gasteiger partial charge on any atom is 0.332 e. The third-order valence-electron chi connectivity index (χ3n) is 5.18. The summed E-state index contributed by atoms with van der Waals surface area (Å²) in [5, 5.41) is 0. The van der Waals surface area contributed by atoms with Crippen LogP contribution in [0.15, 0.2) is 33.9 Å². The highest BCUT2D eigenvalue weighted by Gasteiger charge is 2.24. The fourth-order valence-corrected chi connectivity index (χ4v) is 3.54. The molecule has 3 aromatic rings. The first-order valence-corrected chi connectivity index (χ1v) is 9.17. The topological polar surface area (TPSA) is 74.3 Å². The molecular weight excluding hydrogens is 358 g/mol. The molecule has 3 rings (SSSR count). The Morgan fingerprint density at radius 3 is 2.46 bits per heavy atom. The number of fused-ring (bicyclic) bond motifs is 1. The number of rotatable bonds is 6. The van der Waals surface area contributed by atoms with E-state index in [1.807, 2.05) is 50.0 Å². The lowest BCUT2D eigenvalue weighted by Gasteiger charge is -2.20. The van der Waals surface area contributed by atoms with Crippen molar-refractivity contribution in [2.24, 2.45) is 21.1 Å². The summed E-state index contributed by atoms with van der Waals surface area (Å²) < 4.78 is 9.75. The average Bonchev–Trinajstić information content (AvgIpc) is 3.02. The van der Waals surface area contributed by atoms with E-state index >= 15 is 0 Å². The highest BCUT2D eigenvalue weighted by atomic mass is 16.5. The summed E-state index contributed by atoms with van der Waals surface area (Å²) >= 11 is 0. The fraction of sp³-hybridized carbons (Fsp3) is 0.450. The summed E-state index contributed by atoms with van der Waals surface area (Å²) in [5.74, 6) is 1.48. The van der Waals surface area contributed by atoms with Crippen molar-refractivity contribution in [3.05, 3.63) is 56.5 Å². The lowest BCUT2D eigenvalue weighted by molar-refractivity contribution is 0.385. The van der Waals surface area contributed by atoms with Crippen molar-refractivity contribution in [1.82, 2.24) is 23.6 Å². The van der Waals surface area contributed by atoms with Gasteiger partial charge in [0, 0.05) is 27.1 Å². The molecule has 8 nitrogen and oxygen atoms in total. The van der Waals surface area contributed by atoms with E-state index in [-0.39, 0.29) is 17.2 Å². The summed E-state index contributed by atoms with van der Waals surface area (Å²) in [6.07, 6.45) is 0.811. The molecule has 2 aromatic heterocycles. The molecular formula is C20H27N5O3. The van der Waals surface area contributed by atoms with E-state index in [0.717, 1.165) is 34.7 Å². The molecule has 0 radical (unpaired) electrons. The van der Waals surface area contributed by atoms with Crippen molar-refractivity contribution in [2.45, 2.75) is 12.3 Å². The van der Waals surface area contributed by atoms with Crippen LogP contribution in [0.4, 0.5) is 0 Å². The van der Waals surface area contributed by atoms with Gasteiger partial charge in [-0.15, -0.1) is 0 Å². The molecule has 1 aromatic carbocycles. The van der Waals surface area contributed by atoms with E-state index in [9.17, 15) is 9.59 Å². The summed E-state index contributed by atoms with van der Waals surface area (Å²) in [6, 6.07) is 7.89. The Morgan fingerprint density at radius 1 is 1.11 bits per heavy atom. The summed E-state index contributed by atoms with van der Waals surface area (Å²) in [4.78, 5) is 31.9. The lowest BCUT2D eigenvalue weighted by Crippen LogP contribution is -2.37. The van der Waals surface area contributed by atoms with Gasteiger partial charge in [0.1, 0.15) is 11.6 Å². The number of ether oxygens (including phenoxy) is 1. The number of methoxy groups -OCH3 is 1. The Labute approximate surface area is 163 Å². The van der Waals surface area contributed by atoms with Gasteiger partial charge < -0.3 is 14.2 Å². The molecule has 28 heavy (non-hydrogen) atoms. The normalized spacial score (nSPS) is 12.7. The van der Waals surface area contributed by atoms with Gasteiger partial charge in [0.15, 0.2) is 11.2 Å². The first kappa shape index (κ1) is 19.9. The number of imidazole rings is 1. The molecule has 0 aliphatic heterocycles. The first-order chi connectivity index (χ1) is 13.3. The molecule has 0 aliphatic rings. The summed E-state index contributed by atoms with van der Waals surface area (Å²) in [5.41, 5.74) is 1.17. The molecule has 0 fully saturated rings. The average molecular weight is 385 g/mol. The van der Waals surface area contributed by atoms with E-state index in [1.165, 1.54) is 11.6 Å². The molecule has 0 unspecified atom stereocenters. The van der Waals surface area contributed by atoms with E-state index in [4.69, 9.17) is 9.72 Å². The van der Waals surface area contributed by atoms with Crippen LogP contribution in [0.1, 0.15) is 23.7 Å². The van der Waals surface area contributed by atoms with Gasteiger partial charge in [-0.2, -0.15) is 0 Å². The van der Waals surface area contributed by atoms with E-state index in [1.54, 1.807) is 14.2 Å². The van der Waals surface area contributed by atoms with Crippen molar-refractivity contribution in [3.8, 4) is 5.75 Å². The van der Waals surface area contributed by atoms with Gasteiger partial charge in [0.2, 0.25) is 0 Å². The second kappa shape index (κ2) is 7.63. The number of nitrogens with zero attached hydrogens (tertiary/aromatic N) is 5. The third-order valence-corrected chi connectivity index (χ3v) is 5.18. The highest BCUT2D eigenvalue weighted by Crippen LogP contribution is 2.30. The minimum Gasteiger partial charge on any atom is -0.497 e. The zero-order valence-electron chi connectivity index (χ0n) is 17.3. The molecule has 1 atom stereocenters. The molecule has 0 N–H and O–H groups in total. The molecule has 0 amide bonds. The molecule has 150 valence electrons. The minimum absolute atomic E-state index is 0.0466. The summed E-state index contributed by atoms with van der Waals surface area (Å²) in [7, 11) is 10.7. The number of aromatic nitrogens is 4. The van der Waals surface area contributed by atoms with Gasteiger partial charge in [-0.25, -0.2) is 9.78 Å². The lowest BCUT2D eigenvalue weighted by atomic mass is 9.94. The van der Waals surface area contributed by atoms with Crippen LogP contribution in [-0.2, 0) is 21.1 Å². The maximum absolute atomic E-state index is 12.7. The van der Waals surface area contributed by atoms with Crippen LogP contribution in [-0.4, -0.2) is 51.3 Å². The number of hydrogen-bond donors (Lipinski definition) is 0. The number of benzene rings is 1. The van der Waals surface area contributed by atoms with Crippen LogP contribution in [0, 0.1) is 0 Å². The zero-order valence-corrected chi connectivity index (χ0v) is 17.3. The Bertz CT molecular complexity index is 1120. The van der Waals surface area contributed by atoms with Crippen molar-refractivity contribution >= 4 is 11.2 Å². The molecule has 0 saturated heterocycles. The van der Waals surface area contributed by atoms with Gasteiger partial charge in [0.25, 0.3) is 5.56 Å². The Hall–Kier alpha value is -2.87. The van der Waals surface area contributed by atoms with Gasteiger partial charge in [-0.05, 0) is 44.8 Å². The second-order valence-electron chi connectivity index (χ2n) is 7.33. The van der Waals surface area contributed by atoms with Gasteiger partial charge in [-0.1, -0.05) is 12.1 Å². The maximum atomic E-state index is 12.7. The van der Waals surface area contributed by atoms with Crippen molar-refractivity contribution in [2.75, 3.05) is 27.7 Å². The molecule has 0 spiro atoms.